The summed E-state index contributed by atoms with van der Waals surface area (Å²) in [7, 11) is 2.93. The van der Waals surface area contributed by atoms with Crippen molar-refractivity contribution in [2.45, 2.75) is 25.7 Å². The van der Waals surface area contributed by atoms with Crippen molar-refractivity contribution >= 4 is 0 Å². The van der Waals surface area contributed by atoms with Crippen molar-refractivity contribution in [2.24, 2.45) is 5.92 Å². The number of benzene rings is 1. The molecule has 1 aliphatic heterocycles. The fraction of sp³-hybridized carbons (Fsp3) is 0.500. The maximum atomic E-state index is 10.0. The van der Waals surface area contributed by atoms with Crippen molar-refractivity contribution in [2.75, 3.05) is 20.8 Å². The first-order valence-electron chi connectivity index (χ1n) is 7.25. The minimum atomic E-state index is -0.801. The Balaban J connectivity index is 2.34. The predicted molar refractivity (Wildman–Crippen MR) is 81.3 cm³/mol. The van der Waals surface area contributed by atoms with E-state index in [2.05, 4.69) is 0 Å². The van der Waals surface area contributed by atoms with Gasteiger partial charge in [-0.25, -0.2) is 0 Å². The van der Waals surface area contributed by atoms with Crippen molar-refractivity contribution in [3.63, 3.8) is 0 Å². The van der Waals surface area contributed by atoms with Crippen molar-refractivity contribution in [3.05, 3.63) is 29.7 Å². The number of aliphatic hydroxyl groups is 3. The molecule has 1 heterocycles. The van der Waals surface area contributed by atoms with Crippen LogP contribution in [-0.4, -0.2) is 48.4 Å². The smallest absolute Gasteiger partial charge is 0.283 e. The van der Waals surface area contributed by atoms with Crippen LogP contribution in [0.2, 0.25) is 0 Å². The average molecular weight is 326 g/mol. The van der Waals surface area contributed by atoms with E-state index < -0.39 is 12.2 Å². The first-order chi connectivity index (χ1) is 11.0. The number of ether oxygens (including phenoxy) is 4. The summed E-state index contributed by atoms with van der Waals surface area (Å²) < 4.78 is 21.8. The molecule has 2 rings (SSSR count). The summed E-state index contributed by atoms with van der Waals surface area (Å²) in [6, 6.07) is 3.23. The topological polar surface area (TPSA) is 97.6 Å². The number of aliphatic hydroxyl groups excluding tert-OH is 3. The van der Waals surface area contributed by atoms with Crippen LogP contribution >= 0.6 is 0 Å². The highest BCUT2D eigenvalue weighted by atomic mass is 16.7. The minimum absolute atomic E-state index is 0.0583. The van der Waals surface area contributed by atoms with Gasteiger partial charge in [0.1, 0.15) is 6.10 Å². The van der Waals surface area contributed by atoms with Crippen LogP contribution in [0.25, 0.3) is 0 Å². The van der Waals surface area contributed by atoms with Gasteiger partial charge >= 0.3 is 0 Å². The predicted octanol–water partition coefficient (Wildman–Crippen LogP) is 0.804. The van der Waals surface area contributed by atoms with Crippen LogP contribution in [0.4, 0.5) is 0 Å². The molecule has 0 radical (unpaired) electrons. The Morgan fingerprint density at radius 1 is 1.13 bits per heavy atom. The average Bonchev–Trinajstić information content (AvgIpc) is 2.57. The maximum Gasteiger partial charge on any atom is 0.283 e. The molecular formula is C16H22O7. The van der Waals surface area contributed by atoms with Crippen molar-refractivity contribution in [1.82, 2.24) is 0 Å². The Bertz CT molecular complexity index is 545. The van der Waals surface area contributed by atoms with Crippen LogP contribution in [-0.2, 0) is 11.3 Å². The van der Waals surface area contributed by atoms with Gasteiger partial charge in [-0.15, -0.1) is 0 Å². The van der Waals surface area contributed by atoms with Crippen molar-refractivity contribution < 1.29 is 34.3 Å². The largest absolute Gasteiger partial charge is 0.493 e. The van der Waals surface area contributed by atoms with Crippen LogP contribution in [0, 0.1) is 5.92 Å². The zero-order chi connectivity index (χ0) is 17.0. The summed E-state index contributed by atoms with van der Waals surface area (Å²) in [5, 5.41) is 28.6. The van der Waals surface area contributed by atoms with Gasteiger partial charge in [0.2, 0.25) is 5.75 Å². The Morgan fingerprint density at radius 3 is 2.22 bits per heavy atom. The van der Waals surface area contributed by atoms with E-state index >= 15 is 0 Å². The lowest BCUT2D eigenvalue weighted by Gasteiger charge is -2.31. The Hall–Kier alpha value is -1.96. The van der Waals surface area contributed by atoms with Crippen LogP contribution in [0.5, 0.6) is 17.2 Å². The van der Waals surface area contributed by atoms with E-state index in [1.807, 2.05) is 0 Å². The highest BCUT2D eigenvalue weighted by Crippen LogP contribution is 2.40. The summed E-state index contributed by atoms with van der Waals surface area (Å²) in [6.45, 7) is 1.36. The van der Waals surface area contributed by atoms with Crippen LogP contribution in [0.15, 0.2) is 24.2 Å². The van der Waals surface area contributed by atoms with Crippen molar-refractivity contribution in [1.29, 1.82) is 0 Å². The summed E-state index contributed by atoms with van der Waals surface area (Å²) >= 11 is 0. The van der Waals surface area contributed by atoms with E-state index in [0.29, 0.717) is 17.1 Å². The number of rotatable bonds is 6. The molecule has 0 fully saturated rings. The highest BCUT2D eigenvalue weighted by Gasteiger charge is 2.32. The number of hydrogen-bond donors (Lipinski definition) is 3. The molecule has 23 heavy (non-hydrogen) atoms. The molecule has 0 aromatic heterocycles. The fourth-order valence-corrected chi connectivity index (χ4v) is 2.30. The zero-order valence-corrected chi connectivity index (χ0v) is 13.4. The second kappa shape index (κ2) is 7.54. The molecular weight excluding hydrogens is 304 g/mol. The van der Waals surface area contributed by atoms with E-state index in [9.17, 15) is 15.3 Å². The first kappa shape index (κ1) is 17.4. The van der Waals surface area contributed by atoms with Crippen molar-refractivity contribution in [3.8, 4) is 17.2 Å². The molecule has 7 nitrogen and oxygen atoms in total. The third-order valence-electron chi connectivity index (χ3n) is 3.79. The molecule has 7 heteroatoms. The molecule has 0 saturated carbocycles. The van der Waals surface area contributed by atoms with Gasteiger partial charge in [0.25, 0.3) is 5.95 Å². The molecule has 0 amide bonds. The van der Waals surface area contributed by atoms with Crippen LogP contribution in [0.3, 0.4) is 0 Å². The number of hydrogen-bond acceptors (Lipinski definition) is 7. The van der Waals surface area contributed by atoms with E-state index in [0.717, 1.165) is 0 Å². The van der Waals surface area contributed by atoms with Gasteiger partial charge in [-0.3, -0.25) is 0 Å². The lowest BCUT2D eigenvalue weighted by Crippen LogP contribution is -2.38. The van der Waals surface area contributed by atoms with Crippen LogP contribution in [0.1, 0.15) is 12.5 Å². The molecule has 1 aromatic carbocycles. The Morgan fingerprint density at radius 2 is 1.74 bits per heavy atom. The van der Waals surface area contributed by atoms with Gasteiger partial charge in [0.05, 0.1) is 33.5 Å². The highest BCUT2D eigenvalue weighted by molar-refractivity contribution is 5.54. The molecule has 3 atom stereocenters. The SMILES string of the molecule is COc1cc(CO)cc(OC)c1OC1=CC(O)C(C)C(CO)O1. The van der Waals surface area contributed by atoms with E-state index in [-0.39, 0.29) is 30.8 Å². The molecule has 0 aliphatic carbocycles. The molecule has 3 unspecified atom stereocenters. The maximum absolute atomic E-state index is 10.0. The second-order valence-corrected chi connectivity index (χ2v) is 5.26. The van der Waals surface area contributed by atoms with E-state index in [1.54, 1.807) is 19.1 Å². The molecule has 0 bridgehead atoms. The number of methoxy groups -OCH3 is 2. The van der Waals surface area contributed by atoms with Gasteiger partial charge in [-0.1, -0.05) is 6.92 Å². The van der Waals surface area contributed by atoms with Gasteiger partial charge in [-0.05, 0) is 17.7 Å². The van der Waals surface area contributed by atoms with E-state index in [1.165, 1.54) is 20.3 Å². The minimum Gasteiger partial charge on any atom is -0.493 e. The van der Waals surface area contributed by atoms with Crippen LogP contribution < -0.4 is 14.2 Å². The monoisotopic (exact) mass is 326 g/mol. The molecule has 0 spiro atoms. The fourth-order valence-electron chi connectivity index (χ4n) is 2.30. The lowest BCUT2D eigenvalue weighted by atomic mass is 9.96. The Labute approximate surface area is 134 Å². The summed E-state index contributed by atoms with van der Waals surface area (Å²) in [5.74, 6) is 0.769. The van der Waals surface area contributed by atoms with Gasteiger partial charge < -0.3 is 34.3 Å². The van der Waals surface area contributed by atoms with E-state index in [4.69, 9.17) is 18.9 Å². The third-order valence-corrected chi connectivity index (χ3v) is 3.79. The summed E-state index contributed by atoms with van der Waals surface area (Å²) in [4.78, 5) is 0. The third kappa shape index (κ3) is 3.69. The summed E-state index contributed by atoms with van der Waals surface area (Å²) in [5.41, 5.74) is 0.603. The van der Waals surface area contributed by atoms with Gasteiger partial charge in [0.15, 0.2) is 11.5 Å². The zero-order valence-electron chi connectivity index (χ0n) is 13.4. The first-order valence-corrected chi connectivity index (χ1v) is 7.25. The second-order valence-electron chi connectivity index (χ2n) is 5.26. The normalized spacial score (nSPS) is 23.7. The quantitative estimate of drug-likeness (QED) is 0.711. The molecule has 1 aliphatic rings. The standard InChI is InChI=1S/C16H22O7/c1-9-11(19)6-15(22-14(9)8-18)23-16-12(20-2)4-10(7-17)5-13(16)21-3/h4-6,9,11,14,17-19H,7-8H2,1-3H3. The lowest BCUT2D eigenvalue weighted by molar-refractivity contribution is -0.0674. The molecule has 1 aromatic rings. The van der Waals surface area contributed by atoms with Gasteiger partial charge in [0, 0.05) is 12.0 Å². The molecule has 0 saturated heterocycles. The summed E-state index contributed by atoms with van der Waals surface area (Å²) in [6.07, 6.45) is 0.0543. The van der Waals surface area contributed by atoms with Gasteiger partial charge in [-0.2, -0.15) is 0 Å². The molecule has 128 valence electrons. The Kier molecular flexibility index (Phi) is 5.70. The molecule has 3 N–H and O–H groups in total.